The Labute approximate surface area is 177 Å². The van der Waals surface area contributed by atoms with Crippen molar-refractivity contribution in [2.24, 2.45) is 16.8 Å². The molecule has 2 atom stereocenters. The van der Waals surface area contributed by atoms with Crippen LogP contribution in [0.2, 0.25) is 0 Å². The van der Waals surface area contributed by atoms with Crippen molar-refractivity contribution in [3.63, 3.8) is 0 Å². The van der Waals surface area contributed by atoms with Gasteiger partial charge >= 0.3 is 11.9 Å². The highest BCUT2D eigenvalue weighted by Crippen LogP contribution is 2.34. The molecule has 6 heteroatoms. The van der Waals surface area contributed by atoms with E-state index in [0.717, 1.165) is 5.56 Å². The summed E-state index contributed by atoms with van der Waals surface area (Å²) in [6.45, 7) is 10.8. The van der Waals surface area contributed by atoms with Gasteiger partial charge in [-0.15, -0.1) is 0 Å². The number of methoxy groups -OCH3 is 1. The maximum absolute atomic E-state index is 12.8. The third-order valence-corrected chi connectivity index (χ3v) is 4.65. The van der Waals surface area contributed by atoms with Crippen molar-refractivity contribution in [2.45, 2.75) is 13.8 Å². The van der Waals surface area contributed by atoms with Gasteiger partial charge < -0.3 is 14.2 Å². The normalized spacial score (nSPS) is 18.6. The average Bonchev–Trinajstić information content (AvgIpc) is 2.74. The fourth-order valence-corrected chi connectivity index (χ4v) is 3.32. The summed E-state index contributed by atoms with van der Waals surface area (Å²) in [5.41, 5.74) is 2.20. The summed E-state index contributed by atoms with van der Waals surface area (Å²) in [5, 5.41) is 0. The Bertz CT molecular complexity index is 910. The van der Waals surface area contributed by atoms with E-state index >= 15 is 0 Å². The molecule has 0 saturated carbocycles. The highest BCUT2D eigenvalue weighted by molar-refractivity contribution is 6.06. The number of hydrogen-bond acceptors (Lipinski definition) is 6. The molecule has 6 nitrogen and oxygen atoms in total. The topological polar surface area (TPSA) is 74.2 Å². The van der Waals surface area contributed by atoms with E-state index in [1.807, 2.05) is 30.3 Å². The molecule has 0 bridgehead atoms. The average molecular weight is 409 g/mol. The monoisotopic (exact) mass is 409 g/mol. The minimum atomic E-state index is -0.758. The van der Waals surface area contributed by atoms with Gasteiger partial charge in [-0.3, -0.25) is 9.79 Å². The van der Waals surface area contributed by atoms with Gasteiger partial charge in [-0.05, 0) is 19.9 Å². The first kappa shape index (κ1) is 22.9. The second kappa shape index (κ2) is 11.0. The lowest BCUT2D eigenvalue weighted by Crippen LogP contribution is -2.37. The predicted octanol–water partition coefficient (Wildman–Crippen LogP) is 4.15. The lowest BCUT2D eigenvalue weighted by atomic mass is 9.79. The summed E-state index contributed by atoms with van der Waals surface area (Å²) < 4.78 is 15.9. The number of aliphatic imine (C=N–C) groups is 1. The number of ether oxygens (including phenoxy) is 3. The van der Waals surface area contributed by atoms with Gasteiger partial charge in [0.25, 0.3) is 0 Å². The van der Waals surface area contributed by atoms with E-state index in [1.165, 1.54) is 12.2 Å². The zero-order valence-electron chi connectivity index (χ0n) is 17.6. The molecule has 0 spiro atoms. The van der Waals surface area contributed by atoms with Gasteiger partial charge in [-0.1, -0.05) is 55.7 Å². The van der Waals surface area contributed by atoms with Gasteiger partial charge in [-0.25, -0.2) is 4.79 Å². The van der Waals surface area contributed by atoms with Crippen LogP contribution in [0.5, 0.6) is 5.75 Å². The second-order valence-corrected chi connectivity index (χ2v) is 6.66. The summed E-state index contributed by atoms with van der Waals surface area (Å²) in [4.78, 5) is 30.0. The minimum Gasteiger partial charge on any atom is -0.496 e. The van der Waals surface area contributed by atoms with Crippen molar-refractivity contribution in [3.8, 4) is 5.75 Å². The summed E-state index contributed by atoms with van der Waals surface area (Å²) in [6.07, 6.45) is 6.60. The molecular weight excluding hydrogens is 382 g/mol. The number of allylic oxidation sites excluding steroid dienone is 2. The summed E-state index contributed by atoms with van der Waals surface area (Å²) in [5.74, 6) is -1.71. The first-order valence-electron chi connectivity index (χ1n) is 9.57. The van der Waals surface area contributed by atoms with E-state index in [-0.39, 0.29) is 13.2 Å². The van der Waals surface area contributed by atoms with Crippen LogP contribution in [0.1, 0.15) is 19.4 Å². The Morgan fingerprint density at radius 3 is 2.43 bits per heavy atom. The summed E-state index contributed by atoms with van der Waals surface area (Å²) in [7, 11) is 1.58. The Balaban J connectivity index is 2.51. The number of rotatable bonds is 9. The molecule has 30 heavy (non-hydrogen) atoms. The Morgan fingerprint density at radius 2 is 1.77 bits per heavy atom. The van der Waals surface area contributed by atoms with Crippen LogP contribution in [-0.4, -0.2) is 38.0 Å². The van der Waals surface area contributed by atoms with Gasteiger partial charge in [-0.2, -0.15) is 0 Å². The highest BCUT2D eigenvalue weighted by atomic mass is 16.5. The van der Waals surface area contributed by atoms with Crippen molar-refractivity contribution in [3.05, 3.63) is 72.5 Å². The number of esters is 2. The number of hydrogen-bond donors (Lipinski definition) is 0. The predicted molar refractivity (Wildman–Crippen MR) is 117 cm³/mol. The van der Waals surface area contributed by atoms with E-state index in [9.17, 15) is 9.59 Å². The third-order valence-electron chi connectivity index (χ3n) is 4.65. The highest BCUT2D eigenvalue weighted by Gasteiger charge is 2.40. The van der Waals surface area contributed by atoms with Crippen LogP contribution < -0.4 is 4.74 Å². The van der Waals surface area contributed by atoms with Crippen molar-refractivity contribution in [1.29, 1.82) is 0 Å². The molecule has 1 aromatic carbocycles. The molecule has 0 aliphatic carbocycles. The van der Waals surface area contributed by atoms with Crippen molar-refractivity contribution in [2.75, 3.05) is 20.3 Å². The van der Waals surface area contributed by atoms with Crippen LogP contribution in [0.3, 0.4) is 0 Å². The number of para-hydroxylation sites is 1. The molecule has 0 aromatic heterocycles. The summed E-state index contributed by atoms with van der Waals surface area (Å²) in [6, 6.07) is 7.47. The van der Waals surface area contributed by atoms with Crippen LogP contribution in [-0.2, 0) is 19.1 Å². The first-order valence-corrected chi connectivity index (χ1v) is 9.57. The van der Waals surface area contributed by atoms with Crippen molar-refractivity contribution < 1.29 is 23.8 Å². The van der Waals surface area contributed by atoms with E-state index in [4.69, 9.17) is 14.2 Å². The number of nitrogens with zero attached hydrogens (tertiary/aromatic N) is 1. The molecule has 2 rings (SSSR count). The zero-order chi connectivity index (χ0) is 22.1. The lowest BCUT2D eigenvalue weighted by Gasteiger charge is -2.29. The molecule has 0 amide bonds. The standard InChI is InChI=1S/C24H27NO5/c1-6-14-29-23(26)21-16(3)25-17(4)22(24(27)30-15-7-2)19(21)13-12-18-10-8-9-11-20(18)28-5/h6-13,19,21H,1-2,14-15H2,3-5H3/b13-12+/t19-,21?/m0/s1. The van der Waals surface area contributed by atoms with Gasteiger partial charge in [0.1, 0.15) is 24.9 Å². The van der Waals surface area contributed by atoms with E-state index < -0.39 is 23.8 Å². The summed E-state index contributed by atoms with van der Waals surface area (Å²) >= 11 is 0. The number of benzene rings is 1. The quantitative estimate of drug-likeness (QED) is 0.452. The van der Waals surface area contributed by atoms with Crippen molar-refractivity contribution in [1.82, 2.24) is 0 Å². The van der Waals surface area contributed by atoms with Gasteiger partial charge in [0.15, 0.2) is 0 Å². The van der Waals surface area contributed by atoms with Crippen LogP contribution in [0.25, 0.3) is 6.08 Å². The number of carbonyl (C=O) groups excluding carboxylic acids is 2. The smallest absolute Gasteiger partial charge is 0.336 e. The SMILES string of the molecule is C=CCOC(=O)C1=C(C)N=C(C)C(C(=O)OCC=C)[C@@H]1/C=C/c1ccccc1OC. The van der Waals surface area contributed by atoms with E-state index in [0.29, 0.717) is 22.7 Å². The third kappa shape index (κ3) is 5.35. The first-order chi connectivity index (χ1) is 14.4. The minimum absolute atomic E-state index is 0.0623. The number of carbonyl (C=O) groups is 2. The second-order valence-electron chi connectivity index (χ2n) is 6.66. The molecule has 1 unspecified atom stereocenters. The Kier molecular flexibility index (Phi) is 8.35. The molecular formula is C24H27NO5. The molecule has 0 N–H and O–H groups in total. The molecule has 1 aliphatic heterocycles. The fraction of sp³-hybridized carbons (Fsp3) is 0.292. The molecule has 1 aliphatic rings. The molecule has 1 aromatic rings. The van der Waals surface area contributed by atoms with Gasteiger partial charge in [0.05, 0.1) is 12.7 Å². The largest absolute Gasteiger partial charge is 0.496 e. The zero-order valence-corrected chi connectivity index (χ0v) is 17.6. The maximum Gasteiger partial charge on any atom is 0.336 e. The van der Waals surface area contributed by atoms with E-state index in [1.54, 1.807) is 27.0 Å². The molecule has 1 heterocycles. The van der Waals surface area contributed by atoms with Crippen molar-refractivity contribution >= 4 is 23.7 Å². The Morgan fingerprint density at radius 1 is 1.10 bits per heavy atom. The van der Waals surface area contributed by atoms with Gasteiger partial charge in [0.2, 0.25) is 0 Å². The maximum atomic E-state index is 12.8. The fourth-order valence-electron chi connectivity index (χ4n) is 3.32. The van der Waals surface area contributed by atoms with Crippen LogP contribution >= 0.6 is 0 Å². The van der Waals surface area contributed by atoms with Gasteiger partial charge in [0, 0.05) is 22.9 Å². The van der Waals surface area contributed by atoms with Crippen LogP contribution in [0, 0.1) is 11.8 Å². The van der Waals surface area contributed by atoms with Crippen LogP contribution in [0.15, 0.2) is 71.9 Å². The van der Waals surface area contributed by atoms with E-state index in [2.05, 4.69) is 18.2 Å². The molecule has 0 fully saturated rings. The lowest BCUT2D eigenvalue weighted by molar-refractivity contribution is -0.146. The van der Waals surface area contributed by atoms with Crippen LogP contribution in [0.4, 0.5) is 0 Å². The molecule has 158 valence electrons. The Hall–Kier alpha value is -3.41. The molecule has 0 radical (unpaired) electrons. The molecule has 0 saturated heterocycles.